The van der Waals surface area contributed by atoms with Crippen molar-refractivity contribution < 1.29 is 5.21 Å². The van der Waals surface area contributed by atoms with Crippen LogP contribution in [0.2, 0.25) is 0 Å². The molecule has 0 saturated carbocycles. The Bertz CT molecular complexity index is 409. The molecule has 3 rings (SSSR count). The first kappa shape index (κ1) is 8.04. The van der Waals surface area contributed by atoms with E-state index < -0.39 is 0 Å². The highest BCUT2D eigenvalue weighted by atomic mass is 16.4. The summed E-state index contributed by atoms with van der Waals surface area (Å²) < 4.78 is 0. The lowest BCUT2D eigenvalue weighted by atomic mass is 9.84. The van der Waals surface area contributed by atoms with Crippen LogP contribution >= 0.6 is 0 Å². The first-order valence-corrected chi connectivity index (χ1v) is 5.23. The third kappa shape index (κ3) is 0.939. The highest BCUT2D eigenvalue weighted by molar-refractivity contribution is 6.05. The van der Waals surface area contributed by atoms with Crippen LogP contribution in [0.4, 0.5) is 0 Å². The molecule has 0 radical (unpaired) electrons. The first-order chi connectivity index (χ1) is 6.90. The smallest absolute Gasteiger partial charge is 0.0876 e. The molecule has 0 aromatic heterocycles. The van der Waals surface area contributed by atoms with Crippen molar-refractivity contribution in [2.24, 2.45) is 5.16 Å². The third-order valence-corrected chi connectivity index (χ3v) is 3.47. The van der Waals surface area contributed by atoms with Gasteiger partial charge in [0, 0.05) is 12.0 Å². The first-order valence-electron chi connectivity index (χ1n) is 5.23. The molecule has 0 heterocycles. The maximum atomic E-state index is 8.93. The average Bonchev–Trinajstić information content (AvgIpc) is 2.60. The molecule has 2 aliphatic carbocycles. The van der Waals surface area contributed by atoms with Gasteiger partial charge in [0.05, 0.1) is 5.71 Å². The largest absolute Gasteiger partial charge is 0.411 e. The SMILES string of the molecule is O/N=C1\CC2CCCc3cccc1c32. The van der Waals surface area contributed by atoms with Gasteiger partial charge in [-0.15, -0.1) is 0 Å². The monoisotopic (exact) mass is 187 g/mol. The van der Waals surface area contributed by atoms with Crippen LogP contribution in [0.25, 0.3) is 0 Å². The molecule has 1 aromatic carbocycles. The molecule has 0 spiro atoms. The molecule has 1 unspecified atom stereocenters. The van der Waals surface area contributed by atoms with Gasteiger partial charge in [0.1, 0.15) is 0 Å². The fourth-order valence-corrected chi connectivity index (χ4v) is 2.89. The van der Waals surface area contributed by atoms with Crippen molar-refractivity contribution in [1.82, 2.24) is 0 Å². The van der Waals surface area contributed by atoms with Crippen LogP contribution < -0.4 is 0 Å². The van der Waals surface area contributed by atoms with Crippen molar-refractivity contribution in [3.63, 3.8) is 0 Å². The fraction of sp³-hybridized carbons (Fsp3) is 0.417. The molecule has 2 nitrogen and oxygen atoms in total. The quantitative estimate of drug-likeness (QED) is 0.491. The Morgan fingerprint density at radius 2 is 2.29 bits per heavy atom. The second-order valence-electron chi connectivity index (χ2n) is 4.22. The molecular weight excluding hydrogens is 174 g/mol. The van der Waals surface area contributed by atoms with Crippen molar-refractivity contribution in [2.45, 2.75) is 31.6 Å². The van der Waals surface area contributed by atoms with E-state index in [1.807, 2.05) is 0 Å². The van der Waals surface area contributed by atoms with Gasteiger partial charge in [-0.2, -0.15) is 0 Å². The van der Waals surface area contributed by atoms with E-state index >= 15 is 0 Å². The minimum absolute atomic E-state index is 0.626. The number of nitrogens with zero attached hydrogens (tertiary/aromatic N) is 1. The molecule has 0 saturated heterocycles. The molecule has 0 fully saturated rings. The molecule has 0 amide bonds. The highest BCUT2D eigenvalue weighted by Crippen LogP contribution is 2.42. The van der Waals surface area contributed by atoms with Crippen LogP contribution in [0.5, 0.6) is 0 Å². The van der Waals surface area contributed by atoms with Crippen molar-refractivity contribution in [1.29, 1.82) is 0 Å². The summed E-state index contributed by atoms with van der Waals surface area (Å²) in [6, 6.07) is 6.37. The van der Waals surface area contributed by atoms with E-state index in [0.717, 1.165) is 12.1 Å². The zero-order valence-corrected chi connectivity index (χ0v) is 8.03. The summed E-state index contributed by atoms with van der Waals surface area (Å²) in [6.45, 7) is 0. The number of rotatable bonds is 0. The van der Waals surface area contributed by atoms with Gasteiger partial charge >= 0.3 is 0 Å². The third-order valence-electron chi connectivity index (χ3n) is 3.47. The van der Waals surface area contributed by atoms with Crippen molar-refractivity contribution in [3.8, 4) is 0 Å². The molecule has 0 aliphatic heterocycles. The number of aryl methyl sites for hydroxylation is 1. The molecule has 2 heteroatoms. The zero-order chi connectivity index (χ0) is 9.54. The van der Waals surface area contributed by atoms with E-state index in [9.17, 15) is 0 Å². The number of oxime groups is 1. The van der Waals surface area contributed by atoms with Gasteiger partial charge in [0.15, 0.2) is 0 Å². The van der Waals surface area contributed by atoms with Crippen LogP contribution in [0.1, 0.15) is 41.9 Å². The Kier molecular flexibility index (Phi) is 1.63. The number of benzene rings is 1. The number of hydrogen-bond acceptors (Lipinski definition) is 2. The van der Waals surface area contributed by atoms with Crippen molar-refractivity contribution in [2.75, 3.05) is 0 Å². The minimum atomic E-state index is 0.626. The topological polar surface area (TPSA) is 32.6 Å². The van der Waals surface area contributed by atoms with Crippen molar-refractivity contribution >= 4 is 5.71 Å². The van der Waals surface area contributed by atoms with Gasteiger partial charge in [-0.25, -0.2) is 0 Å². The van der Waals surface area contributed by atoms with Gasteiger partial charge in [0.25, 0.3) is 0 Å². The van der Waals surface area contributed by atoms with E-state index in [-0.39, 0.29) is 0 Å². The second kappa shape index (κ2) is 2.84. The summed E-state index contributed by atoms with van der Waals surface area (Å²) in [5.41, 5.74) is 5.01. The Morgan fingerprint density at radius 3 is 3.14 bits per heavy atom. The Balaban J connectivity index is 2.24. The lowest BCUT2D eigenvalue weighted by Gasteiger charge is -2.20. The summed E-state index contributed by atoms with van der Waals surface area (Å²) in [5.74, 6) is 0.626. The lowest BCUT2D eigenvalue weighted by Crippen LogP contribution is -2.05. The maximum absolute atomic E-state index is 8.93. The highest BCUT2D eigenvalue weighted by Gasteiger charge is 2.32. The van der Waals surface area contributed by atoms with Gasteiger partial charge in [-0.1, -0.05) is 23.4 Å². The minimum Gasteiger partial charge on any atom is -0.411 e. The van der Waals surface area contributed by atoms with Crippen LogP contribution in [0, 0.1) is 0 Å². The molecule has 1 N–H and O–H groups in total. The molecule has 0 bridgehead atoms. The van der Waals surface area contributed by atoms with Crippen LogP contribution in [0.15, 0.2) is 23.4 Å². The van der Waals surface area contributed by atoms with E-state index in [2.05, 4.69) is 23.4 Å². The van der Waals surface area contributed by atoms with Gasteiger partial charge in [-0.3, -0.25) is 0 Å². The van der Waals surface area contributed by atoms with Gasteiger partial charge in [0.2, 0.25) is 0 Å². The van der Waals surface area contributed by atoms with E-state index in [4.69, 9.17) is 5.21 Å². The standard InChI is InChI=1S/C12H13NO/c14-13-11-7-9-5-1-3-8-4-2-6-10(11)12(8)9/h2,4,6,9,14H,1,3,5,7H2/b13-11+. The lowest BCUT2D eigenvalue weighted by molar-refractivity contribution is 0.318. The Morgan fingerprint density at radius 1 is 1.36 bits per heavy atom. The van der Waals surface area contributed by atoms with Crippen LogP contribution in [0.3, 0.4) is 0 Å². The predicted molar refractivity (Wildman–Crippen MR) is 55.1 cm³/mol. The van der Waals surface area contributed by atoms with Gasteiger partial charge < -0.3 is 5.21 Å². The molecule has 2 aliphatic rings. The van der Waals surface area contributed by atoms with E-state index in [1.165, 1.54) is 36.0 Å². The second-order valence-corrected chi connectivity index (χ2v) is 4.22. The van der Waals surface area contributed by atoms with Gasteiger partial charge in [-0.05, 0) is 36.3 Å². The normalized spacial score (nSPS) is 26.6. The van der Waals surface area contributed by atoms with Crippen LogP contribution in [-0.4, -0.2) is 10.9 Å². The fourth-order valence-electron chi connectivity index (χ4n) is 2.89. The zero-order valence-electron chi connectivity index (χ0n) is 8.03. The molecule has 14 heavy (non-hydrogen) atoms. The molecule has 1 aromatic rings. The van der Waals surface area contributed by atoms with E-state index in [0.29, 0.717) is 5.92 Å². The summed E-state index contributed by atoms with van der Waals surface area (Å²) in [6.07, 6.45) is 4.66. The maximum Gasteiger partial charge on any atom is 0.0876 e. The summed E-state index contributed by atoms with van der Waals surface area (Å²) in [4.78, 5) is 0. The summed E-state index contributed by atoms with van der Waals surface area (Å²) in [5, 5.41) is 12.3. The predicted octanol–water partition coefficient (Wildman–Crippen LogP) is 2.69. The molecule has 72 valence electrons. The molecular formula is C12H13NO. The summed E-state index contributed by atoms with van der Waals surface area (Å²) in [7, 11) is 0. The average molecular weight is 187 g/mol. The Hall–Kier alpha value is -1.31. The summed E-state index contributed by atoms with van der Waals surface area (Å²) >= 11 is 0. The Labute approximate surface area is 83.3 Å². The van der Waals surface area contributed by atoms with E-state index in [1.54, 1.807) is 0 Å². The van der Waals surface area contributed by atoms with Crippen LogP contribution in [-0.2, 0) is 6.42 Å². The number of hydrogen-bond donors (Lipinski definition) is 1. The van der Waals surface area contributed by atoms with Crippen molar-refractivity contribution in [3.05, 3.63) is 34.9 Å². The molecule has 1 atom stereocenters.